The molecule has 3 rings (SSSR count). The number of hydrogen-bond donors (Lipinski definition) is 3. The third-order valence-electron chi connectivity index (χ3n) is 4.28. The van der Waals surface area contributed by atoms with Crippen LogP contribution in [0.1, 0.15) is 5.56 Å². The van der Waals surface area contributed by atoms with E-state index in [0.717, 1.165) is 0 Å². The average molecular weight is 515 g/mol. The van der Waals surface area contributed by atoms with E-state index in [9.17, 15) is 23.3 Å². The van der Waals surface area contributed by atoms with Crippen molar-refractivity contribution in [2.24, 2.45) is 0 Å². The number of thiocarbonyl (C=S) groups is 1. The average Bonchev–Trinajstić information content (AvgIpc) is 2.83. The zero-order valence-corrected chi connectivity index (χ0v) is 19.7. The molecule has 3 aromatic rings. The SMILES string of the molecule is COc1nccnc1NS(=O)(=O)c1ccc(NC(=S)NC(=O)C=Cc2ccc([N+](=O)[O-])cc2)cc1. The minimum atomic E-state index is -3.96. The highest BCUT2D eigenvalue weighted by Gasteiger charge is 2.18. The maximum atomic E-state index is 12.6. The number of nitro groups is 1. The van der Waals surface area contributed by atoms with E-state index in [1.165, 1.54) is 80.2 Å². The number of benzene rings is 2. The van der Waals surface area contributed by atoms with Crippen LogP contribution in [0.25, 0.3) is 6.08 Å². The van der Waals surface area contributed by atoms with E-state index >= 15 is 0 Å². The van der Waals surface area contributed by atoms with E-state index in [0.29, 0.717) is 11.3 Å². The van der Waals surface area contributed by atoms with Gasteiger partial charge < -0.3 is 10.1 Å². The molecule has 14 heteroatoms. The number of non-ortho nitro benzene ring substituents is 1. The number of anilines is 2. The van der Waals surface area contributed by atoms with Crippen molar-refractivity contribution >= 4 is 56.5 Å². The van der Waals surface area contributed by atoms with Crippen molar-refractivity contribution in [1.82, 2.24) is 15.3 Å². The minimum absolute atomic E-state index is 0.0126. The second kappa shape index (κ2) is 11.1. The summed E-state index contributed by atoms with van der Waals surface area (Å²) < 4.78 is 32.5. The number of methoxy groups -OCH3 is 1. The number of nitro benzene ring substituents is 1. The number of nitrogens with zero attached hydrogens (tertiary/aromatic N) is 3. The first-order chi connectivity index (χ1) is 16.7. The Labute approximate surface area is 205 Å². The lowest BCUT2D eigenvalue weighted by atomic mass is 10.2. The van der Waals surface area contributed by atoms with Crippen molar-refractivity contribution in [3.63, 3.8) is 0 Å². The largest absolute Gasteiger partial charge is 0.478 e. The molecule has 1 amide bonds. The van der Waals surface area contributed by atoms with Gasteiger partial charge >= 0.3 is 0 Å². The van der Waals surface area contributed by atoms with Gasteiger partial charge in [0, 0.05) is 36.3 Å². The van der Waals surface area contributed by atoms with E-state index in [1.807, 2.05) is 0 Å². The highest BCUT2D eigenvalue weighted by molar-refractivity contribution is 7.92. The number of aromatic nitrogens is 2. The summed E-state index contributed by atoms with van der Waals surface area (Å²) >= 11 is 5.10. The van der Waals surface area contributed by atoms with Gasteiger partial charge in [0.1, 0.15) is 0 Å². The Bertz CT molecular complexity index is 1380. The van der Waals surface area contributed by atoms with Gasteiger partial charge in [-0.1, -0.05) is 0 Å². The first-order valence-corrected chi connectivity index (χ1v) is 11.6. The number of rotatable bonds is 8. The summed E-state index contributed by atoms with van der Waals surface area (Å²) in [5.74, 6) is -0.553. The Morgan fingerprint density at radius 3 is 2.37 bits per heavy atom. The van der Waals surface area contributed by atoms with Gasteiger partial charge in [-0.25, -0.2) is 18.4 Å². The second-order valence-electron chi connectivity index (χ2n) is 6.67. The third-order valence-corrected chi connectivity index (χ3v) is 5.84. The van der Waals surface area contributed by atoms with Gasteiger partial charge in [0.25, 0.3) is 21.6 Å². The maximum Gasteiger partial charge on any atom is 0.269 e. The number of amides is 1. The lowest BCUT2D eigenvalue weighted by Gasteiger charge is -2.11. The molecular formula is C21H18N6O6S2. The molecule has 1 aromatic heterocycles. The topological polar surface area (TPSA) is 165 Å². The van der Waals surface area contributed by atoms with Gasteiger partial charge in [-0.2, -0.15) is 0 Å². The third kappa shape index (κ3) is 7.02. The van der Waals surface area contributed by atoms with Crippen molar-refractivity contribution in [2.75, 3.05) is 17.1 Å². The molecule has 2 aromatic carbocycles. The molecule has 0 aliphatic heterocycles. The van der Waals surface area contributed by atoms with Crippen LogP contribution in [0.4, 0.5) is 17.2 Å². The Balaban J connectivity index is 1.57. The molecule has 0 spiro atoms. The predicted molar refractivity (Wildman–Crippen MR) is 132 cm³/mol. The summed E-state index contributed by atoms with van der Waals surface area (Å²) in [6.07, 6.45) is 5.38. The van der Waals surface area contributed by atoms with E-state index in [1.54, 1.807) is 0 Å². The van der Waals surface area contributed by atoms with Crippen LogP contribution in [0.5, 0.6) is 5.88 Å². The van der Waals surface area contributed by atoms with Crippen molar-refractivity contribution in [1.29, 1.82) is 0 Å². The molecule has 0 unspecified atom stereocenters. The summed E-state index contributed by atoms with van der Waals surface area (Å²) in [5, 5.41) is 15.9. The van der Waals surface area contributed by atoms with Crippen molar-refractivity contribution in [3.05, 3.63) is 82.7 Å². The van der Waals surface area contributed by atoms with Crippen LogP contribution < -0.4 is 20.1 Å². The Kier molecular flexibility index (Phi) is 8.01. The summed E-state index contributed by atoms with van der Waals surface area (Å²) in [5.41, 5.74) is 0.972. The van der Waals surface area contributed by atoms with Gasteiger partial charge in [-0.15, -0.1) is 0 Å². The van der Waals surface area contributed by atoms with Crippen molar-refractivity contribution < 1.29 is 22.9 Å². The van der Waals surface area contributed by atoms with Crippen LogP contribution in [0.3, 0.4) is 0 Å². The molecule has 0 aliphatic rings. The van der Waals surface area contributed by atoms with Crippen LogP contribution in [0.15, 0.2) is 71.9 Å². The molecule has 180 valence electrons. The zero-order valence-electron chi connectivity index (χ0n) is 18.0. The fourth-order valence-corrected chi connectivity index (χ4v) is 3.87. The molecule has 0 fully saturated rings. The van der Waals surface area contributed by atoms with Gasteiger partial charge in [-0.3, -0.25) is 24.9 Å². The molecule has 0 radical (unpaired) electrons. The quantitative estimate of drug-likeness (QED) is 0.176. The summed E-state index contributed by atoms with van der Waals surface area (Å²) in [4.78, 5) is 30.0. The van der Waals surface area contributed by atoms with Gasteiger partial charge in [0.05, 0.1) is 16.9 Å². The lowest BCUT2D eigenvalue weighted by molar-refractivity contribution is -0.384. The molecule has 3 N–H and O–H groups in total. The van der Waals surface area contributed by atoms with Gasteiger partial charge in [0.2, 0.25) is 11.7 Å². The molecular weight excluding hydrogens is 496 g/mol. The highest BCUT2D eigenvalue weighted by Crippen LogP contribution is 2.22. The smallest absolute Gasteiger partial charge is 0.269 e. The van der Waals surface area contributed by atoms with Crippen LogP contribution in [0.2, 0.25) is 0 Å². The van der Waals surface area contributed by atoms with Crippen molar-refractivity contribution in [3.8, 4) is 5.88 Å². The molecule has 1 heterocycles. The first kappa shape index (κ1) is 25.2. The van der Waals surface area contributed by atoms with E-state index in [2.05, 4.69) is 25.3 Å². The number of carbonyl (C=O) groups excluding carboxylic acids is 1. The second-order valence-corrected chi connectivity index (χ2v) is 8.76. The summed E-state index contributed by atoms with van der Waals surface area (Å²) in [6.45, 7) is 0. The normalized spacial score (nSPS) is 11.0. The molecule has 0 saturated carbocycles. The molecule has 0 saturated heterocycles. The lowest BCUT2D eigenvalue weighted by Crippen LogP contribution is -2.32. The van der Waals surface area contributed by atoms with Crippen LogP contribution in [-0.2, 0) is 14.8 Å². The van der Waals surface area contributed by atoms with E-state index in [4.69, 9.17) is 17.0 Å². The first-order valence-electron chi connectivity index (χ1n) is 9.70. The number of carbonyl (C=O) groups is 1. The van der Waals surface area contributed by atoms with Gasteiger partial charge in [-0.05, 0) is 60.3 Å². The highest BCUT2D eigenvalue weighted by atomic mass is 32.2. The van der Waals surface area contributed by atoms with Crippen LogP contribution in [-0.4, -0.2) is 41.4 Å². The molecule has 0 aliphatic carbocycles. The zero-order chi connectivity index (χ0) is 25.4. The Morgan fingerprint density at radius 1 is 1.09 bits per heavy atom. The standard InChI is InChI=1S/C21H18N6O6S2/c1-33-20-19(22-12-13-23-20)26-35(31,32)17-9-5-15(6-10-17)24-21(34)25-18(28)11-4-14-2-7-16(8-3-14)27(29)30/h2-13H,1H3,(H,22,26)(H2,24,25,28,34). The molecule has 0 atom stereocenters. The minimum Gasteiger partial charge on any atom is -0.478 e. The predicted octanol–water partition coefficient (Wildman–Crippen LogP) is 2.72. The number of sulfonamides is 1. The number of nitrogens with one attached hydrogen (secondary N) is 3. The van der Waals surface area contributed by atoms with Gasteiger partial charge in [0.15, 0.2) is 5.11 Å². The Hall–Kier alpha value is -4.43. The van der Waals surface area contributed by atoms with E-state index in [-0.39, 0.29) is 27.4 Å². The fourth-order valence-electron chi connectivity index (χ4n) is 2.64. The Morgan fingerprint density at radius 2 is 1.74 bits per heavy atom. The molecule has 35 heavy (non-hydrogen) atoms. The molecule has 0 bridgehead atoms. The van der Waals surface area contributed by atoms with Crippen LogP contribution >= 0.6 is 12.2 Å². The van der Waals surface area contributed by atoms with E-state index < -0.39 is 20.9 Å². The maximum absolute atomic E-state index is 12.6. The van der Waals surface area contributed by atoms with Crippen molar-refractivity contribution in [2.45, 2.75) is 4.90 Å². The fraction of sp³-hybridized carbons (Fsp3) is 0.0476. The molecule has 12 nitrogen and oxygen atoms in total. The number of hydrogen-bond acceptors (Lipinski definition) is 9. The monoisotopic (exact) mass is 514 g/mol. The van der Waals surface area contributed by atoms with Crippen LogP contribution in [0, 0.1) is 10.1 Å². The number of ether oxygens (including phenoxy) is 1. The summed E-state index contributed by atoms with van der Waals surface area (Å²) in [7, 11) is -2.62. The summed E-state index contributed by atoms with van der Waals surface area (Å²) in [6, 6.07) is 11.3.